The zero-order valence-electron chi connectivity index (χ0n) is 15.7. The van der Waals surface area contributed by atoms with Crippen LogP contribution in [0.5, 0.6) is 5.75 Å². The van der Waals surface area contributed by atoms with Gasteiger partial charge in [-0.3, -0.25) is 4.79 Å². The van der Waals surface area contributed by atoms with E-state index in [4.69, 9.17) is 4.74 Å². The highest BCUT2D eigenvalue weighted by Gasteiger charge is 2.38. The number of amides is 1. The van der Waals surface area contributed by atoms with E-state index >= 15 is 0 Å². The van der Waals surface area contributed by atoms with E-state index in [0.717, 1.165) is 15.7 Å². The first-order valence-corrected chi connectivity index (χ1v) is 8.67. The Labute approximate surface area is 160 Å². The summed E-state index contributed by atoms with van der Waals surface area (Å²) in [6, 6.07) is 11.3. The second-order valence-electron chi connectivity index (χ2n) is 6.54. The van der Waals surface area contributed by atoms with Crippen molar-refractivity contribution >= 4 is 16.9 Å². The molecule has 3 rings (SSSR count). The van der Waals surface area contributed by atoms with Crippen LogP contribution in [0, 0.1) is 6.92 Å². The molecule has 5 nitrogen and oxygen atoms in total. The number of rotatable bonds is 5. The summed E-state index contributed by atoms with van der Waals surface area (Å²) in [6.45, 7) is 3.17. The number of nitrogens with one attached hydrogen (secondary N) is 1. The Morgan fingerprint density at radius 1 is 1.25 bits per heavy atom. The molecule has 0 radical (unpaired) electrons. The van der Waals surface area contributed by atoms with Crippen LogP contribution in [0.2, 0.25) is 0 Å². The lowest BCUT2D eigenvalue weighted by molar-refractivity contribution is -0.147. The Balaban J connectivity index is 1.87. The van der Waals surface area contributed by atoms with Crippen LogP contribution in [0.1, 0.15) is 29.9 Å². The minimum Gasteiger partial charge on any atom is -0.496 e. The third-order valence-corrected chi connectivity index (χ3v) is 4.44. The van der Waals surface area contributed by atoms with Crippen molar-refractivity contribution in [1.82, 2.24) is 14.9 Å². The van der Waals surface area contributed by atoms with E-state index in [1.165, 1.54) is 19.2 Å². The molecule has 1 heterocycles. The lowest BCUT2D eigenvalue weighted by Gasteiger charge is -2.19. The highest BCUT2D eigenvalue weighted by Crippen LogP contribution is 2.31. The first-order chi connectivity index (χ1) is 13.2. The van der Waals surface area contributed by atoms with Gasteiger partial charge in [0.25, 0.3) is 0 Å². The molecule has 1 aromatic heterocycles. The Hall–Kier alpha value is -3.03. The van der Waals surface area contributed by atoms with Gasteiger partial charge in [-0.2, -0.15) is 13.2 Å². The van der Waals surface area contributed by atoms with Gasteiger partial charge in [0.15, 0.2) is 0 Å². The van der Waals surface area contributed by atoms with Crippen LogP contribution in [-0.2, 0) is 17.5 Å². The minimum absolute atomic E-state index is 0.191. The van der Waals surface area contributed by atoms with Gasteiger partial charge in [-0.05, 0) is 32.0 Å². The van der Waals surface area contributed by atoms with Crippen molar-refractivity contribution in [1.29, 1.82) is 0 Å². The van der Waals surface area contributed by atoms with Crippen molar-refractivity contribution in [3.63, 3.8) is 0 Å². The predicted octanol–water partition coefficient (Wildman–Crippen LogP) is 4.25. The number of hydrogen-bond donors (Lipinski definition) is 1. The second kappa shape index (κ2) is 7.53. The smallest absolute Gasteiger partial charge is 0.449 e. The lowest BCUT2D eigenvalue weighted by Crippen LogP contribution is -2.31. The topological polar surface area (TPSA) is 56.1 Å². The summed E-state index contributed by atoms with van der Waals surface area (Å²) in [5.74, 6) is -1.04. The number of imidazole rings is 1. The fourth-order valence-corrected chi connectivity index (χ4v) is 3.15. The molecule has 148 valence electrons. The monoisotopic (exact) mass is 391 g/mol. The van der Waals surface area contributed by atoms with E-state index < -0.39 is 30.5 Å². The van der Waals surface area contributed by atoms with Gasteiger partial charge in [0.1, 0.15) is 12.3 Å². The zero-order chi connectivity index (χ0) is 20.5. The average Bonchev–Trinajstić information content (AvgIpc) is 3.00. The van der Waals surface area contributed by atoms with E-state index in [0.29, 0.717) is 5.75 Å². The Morgan fingerprint density at radius 2 is 1.96 bits per heavy atom. The Kier molecular flexibility index (Phi) is 5.31. The van der Waals surface area contributed by atoms with Crippen LogP contribution in [0.3, 0.4) is 0 Å². The molecule has 1 N–H and O–H groups in total. The highest BCUT2D eigenvalue weighted by molar-refractivity contribution is 5.81. The maximum absolute atomic E-state index is 13.4. The van der Waals surface area contributed by atoms with Crippen LogP contribution in [-0.4, -0.2) is 22.6 Å². The predicted molar refractivity (Wildman–Crippen MR) is 99.0 cm³/mol. The summed E-state index contributed by atoms with van der Waals surface area (Å²) in [4.78, 5) is 16.2. The molecular weight excluding hydrogens is 371 g/mol. The molecule has 0 aliphatic heterocycles. The number of aromatic nitrogens is 2. The van der Waals surface area contributed by atoms with Crippen molar-refractivity contribution < 1.29 is 22.7 Å². The fourth-order valence-electron chi connectivity index (χ4n) is 3.15. The zero-order valence-corrected chi connectivity index (χ0v) is 15.7. The molecule has 1 amide bonds. The van der Waals surface area contributed by atoms with Crippen LogP contribution >= 0.6 is 0 Å². The first-order valence-electron chi connectivity index (χ1n) is 8.67. The molecule has 3 aromatic rings. The maximum Gasteiger partial charge on any atom is 0.449 e. The number of aryl methyl sites for hydroxylation is 1. The number of fused-ring (bicyclic) bond motifs is 1. The molecule has 0 saturated carbocycles. The molecule has 2 aromatic carbocycles. The van der Waals surface area contributed by atoms with Crippen LogP contribution in [0.25, 0.3) is 11.0 Å². The van der Waals surface area contributed by atoms with Crippen LogP contribution < -0.4 is 10.1 Å². The number of methoxy groups -OCH3 is 1. The van der Waals surface area contributed by atoms with Crippen molar-refractivity contribution in [2.24, 2.45) is 0 Å². The van der Waals surface area contributed by atoms with Crippen LogP contribution in [0.15, 0.2) is 42.5 Å². The molecule has 0 aliphatic rings. The number of carbonyl (C=O) groups is 1. The van der Waals surface area contributed by atoms with Gasteiger partial charge in [-0.25, -0.2) is 4.98 Å². The third kappa shape index (κ3) is 3.95. The Bertz CT molecular complexity index is 1010. The van der Waals surface area contributed by atoms with E-state index in [1.54, 1.807) is 25.1 Å². The second-order valence-corrected chi connectivity index (χ2v) is 6.54. The van der Waals surface area contributed by atoms with Crippen molar-refractivity contribution in [3.8, 4) is 5.75 Å². The first kappa shape index (κ1) is 19.7. The summed E-state index contributed by atoms with van der Waals surface area (Å²) >= 11 is 0. The third-order valence-electron chi connectivity index (χ3n) is 4.44. The van der Waals surface area contributed by atoms with Gasteiger partial charge in [0, 0.05) is 5.56 Å². The molecule has 0 aliphatic carbocycles. The van der Waals surface area contributed by atoms with Gasteiger partial charge in [0.2, 0.25) is 11.7 Å². The van der Waals surface area contributed by atoms with Gasteiger partial charge in [0.05, 0.1) is 24.2 Å². The summed E-state index contributed by atoms with van der Waals surface area (Å²) in [6.07, 6.45) is -4.66. The summed E-state index contributed by atoms with van der Waals surface area (Å²) in [5.41, 5.74) is 2.18. The average molecular weight is 391 g/mol. The maximum atomic E-state index is 13.4. The van der Waals surface area contributed by atoms with E-state index in [9.17, 15) is 18.0 Å². The van der Waals surface area contributed by atoms with Crippen molar-refractivity contribution in [2.75, 3.05) is 7.11 Å². The van der Waals surface area contributed by atoms with E-state index in [2.05, 4.69) is 10.3 Å². The largest absolute Gasteiger partial charge is 0.496 e. The number of ether oxygens (including phenoxy) is 1. The van der Waals surface area contributed by atoms with E-state index in [1.807, 2.05) is 19.1 Å². The number of para-hydroxylation sites is 2. The van der Waals surface area contributed by atoms with Gasteiger partial charge in [-0.15, -0.1) is 0 Å². The molecule has 0 saturated heterocycles. The number of carbonyl (C=O) groups excluding carboxylic acids is 1. The number of benzene rings is 2. The van der Waals surface area contributed by atoms with Gasteiger partial charge < -0.3 is 14.6 Å². The summed E-state index contributed by atoms with van der Waals surface area (Å²) in [7, 11) is 1.52. The molecule has 28 heavy (non-hydrogen) atoms. The molecule has 0 bridgehead atoms. The molecule has 1 atom stereocenters. The highest BCUT2D eigenvalue weighted by atomic mass is 19.4. The van der Waals surface area contributed by atoms with Gasteiger partial charge in [-0.1, -0.05) is 29.8 Å². The standard InChI is InChI=1S/C20H20F3N3O2/c1-12-8-9-17(28-3)14(10-12)13(2)24-18(27)11-26-16-7-5-4-6-15(16)25-19(26)20(21,22)23/h4-10,13H,11H2,1-3H3,(H,24,27)/t13-/m0/s1. The van der Waals surface area contributed by atoms with Crippen LogP contribution in [0.4, 0.5) is 13.2 Å². The summed E-state index contributed by atoms with van der Waals surface area (Å²) in [5, 5.41) is 2.74. The lowest BCUT2D eigenvalue weighted by atomic mass is 10.0. The number of halogens is 3. The summed E-state index contributed by atoms with van der Waals surface area (Å²) < 4.78 is 46.3. The SMILES string of the molecule is COc1ccc(C)cc1[C@H](C)NC(=O)Cn1c(C(F)(F)F)nc2ccccc21. The quantitative estimate of drug-likeness (QED) is 0.708. The Morgan fingerprint density at radius 3 is 2.64 bits per heavy atom. The number of nitrogens with zero attached hydrogens (tertiary/aromatic N) is 2. The minimum atomic E-state index is -4.66. The fraction of sp³-hybridized carbons (Fsp3) is 0.300. The van der Waals surface area contributed by atoms with E-state index in [-0.39, 0.29) is 11.0 Å². The van der Waals surface area contributed by atoms with Crippen molar-refractivity contribution in [3.05, 3.63) is 59.4 Å². The van der Waals surface area contributed by atoms with Crippen molar-refractivity contribution in [2.45, 2.75) is 32.6 Å². The molecule has 0 spiro atoms. The van der Waals surface area contributed by atoms with Gasteiger partial charge >= 0.3 is 6.18 Å². The molecule has 0 fully saturated rings. The normalized spacial score (nSPS) is 12.8. The molecular formula is C20H20F3N3O2. The molecule has 8 heteroatoms. The number of hydrogen-bond acceptors (Lipinski definition) is 3. The number of alkyl halides is 3. The molecule has 0 unspecified atom stereocenters.